The third-order valence-electron chi connectivity index (χ3n) is 6.36. The smallest absolute Gasteiger partial charge is 0.487 e. The van der Waals surface area contributed by atoms with Crippen molar-refractivity contribution in [1.29, 1.82) is 0 Å². The third-order valence-corrected chi connectivity index (χ3v) is 6.36. The number of likely N-dealkylation sites (tertiary alicyclic amines) is 1. The number of pyridine rings is 1. The number of carboxylic acid groups (broad SMARTS) is 1. The van der Waals surface area contributed by atoms with Crippen LogP contribution >= 0.6 is 0 Å². The van der Waals surface area contributed by atoms with Crippen molar-refractivity contribution in [2.45, 2.75) is 43.4 Å². The summed E-state index contributed by atoms with van der Waals surface area (Å²) >= 11 is 0. The zero-order chi connectivity index (χ0) is 26.5. The molecule has 2 aliphatic heterocycles. The first-order valence-corrected chi connectivity index (χ1v) is 11.4. The number of nitrogens with zero attached hydrogens (tertiary/aromatic N) is 3. The van der Waals surface area contributed by atoms with E-state index in [9.17, 15) is 22.8 Å². The first-order valence-electron chi connectivity index (χ1n) is 11.4. The molecule has 36 heavy (non-hydrogen) atoms. The number of carbonyl (C=O) groups excluding carboxylic acids is 2. The number of hydrogen-bond acceptors (Lipinski definition) is 5. The summed E-state index contributed by atoms with van der Waals surface area (Å²) in [5.74, 6) is -1.57. The van der Waals surface area contributed by atoms with Gasteiger partial charge in [0.15, 0.2) is 0 Å². The number of hydrogen-bond donors (Lipinski definition) is 1. The van der Waals surface area contributed by atoms with Gasteiger partial charge in [0.2, 0.25) is 5.91 Å². The second-order valence-electron chi connectivity index (χ2n) is 9.05. The van der Waals surface area contributed by atoms with Gasteiger partial charge in [0.1, 0.15) is 11.4 Å². The zero-order valence-corrected chi connectivity index (χ0v) is 20.0. The SMILES string of the molecule is CN(C)C(=O)CC1CC2(CCN(C(=O)c3ccncc3)CC2)Oc2ccccc21.O=C(O)C(F)(F)F. The number of rotatable bonds is 3. The molecule has 2 amide bonds. The van der Waals surface area contributed by atoms with Crippen LogP contribution in [-0.2, 0) is 9.59 Å². The van der Waals surface area contributed by atoms with Gasteiger partial charge in [-0.15, -0.1) is 0 Å². The lowest BCUT2D eigenvalue weighted by Gasteiger charge is -2.47. The van der Waals surface area contributed by atoms with E-state index in [1.165, 1.54) is 0 Å². The van der Waals surface area contributed by atoms with Gasteiger partial charge in [-0.2, -0.15) is 13.2 Å². The second kappa shape index (κ2) is 11.0. The summed E-state index contributed by atoms with van der Waals surface area (Å²) in [5, 5.41) is 7.12. The summed E-state index contributed by atoms with van der Waals surface area (Å²) in [6, 6.07) is 11.6. The Bertz CT molecular complexity index is 1080. The highest BCUT2D eigenvalue weighted by atomic mass is 19.4. The van der Waals surface area contributed by atoms with Crippen LogP contribution in [0.15, 0.2) is 48.8 Å². The van der Waals surface area contributed by atoms with E-state index >= 15 is 0 Å². The van der Waals surface area contributed by atoms with E-state index in [0.717, 1.165) is 30.6 Å². The first-order chi connectivity index (χ1) is 16.9. The number of fused-ring (bicyclic) bond motifs is 1. The molecule has 1 spiro atoms. The number of piperidine rings is 1. The van der Waals surface area contributed by atoms with Crippen molar-refractivity contribution in [2.75, 3.05) is 27.2 Å². The molecule has 194 valence electrons. The quantitative estimate of drug-likeness (QED) is 0.680. The fraction of sp³-hybridized carbons (Fsp3) is 0.440. The molecule has 1 aromatic heterocycles. The molecule has 2 aliphatic rings. The number of ether oxygens (including phenoxy) is 1. The van der Waals surface area contributed by atoms with Crippen LogP contribution in [-0.4, -0.2) is 76.6 Å². The second-order valence-corrected chi connectivity index (χ2v) is 9.05. The standard InChI is InChI=1S/C23H27N3O3.C2HF3O2/c1-25(2)21(27)15-18-16-23(29-20-6-4-3-5-19(18)20)9-13-26(14-10-23)22(28)17-7-11-24-12-8-17;3-2(4,5)1(6)7/h3-8,11-12,18H,9-10,13-16H2,1-2H3;(H,6,7). The Kier molecular flexibility index (Phi) is 8.21. The van der Waals surface area contributed by atoms with Crippen LogP contribution in [0.4, 0.5) is 13.2 Å². The zero-order valence-electron chi connectivity index (χ0n) is 20.0. The van der Waals surface area contributed by atoms with Crippen LogP contribution in [0.25, 0.3) is 0 Å². The number of alkyl halides is 3. The normalized spacial score (nSPS) is 18.2. The van der Waals surface area contributed by atoms with Crippen molar-refractivity contribution in [3.05, 3.63) is 59.9 Å². The molecule has 1 saturated heterocycles. The average Bonchev–Trinajstić information content (AvgIpc) is 2.84. The van der Waals surface area contributed by atoms with Crippen LogP contribution in [0.1, 0.15) is 47.5 Å². The molecule has 8 nitrogen and oxygen atoms in total. The Morgan fingerprint density at radius 1 is 1.11 bits per heavy atom. The van der Waals surface area contributed by atoms with Crippen LogP contribution in [0.3, 0.4) is 0 Å². The van der Waals surface area contributed by atoms with Gasteiger partial charge in [-0.1, -0.05) is 18.2 Å². The molecule has 1 unspecified atom stereocenters. The maximum atomic E-state index is 12.8. The number of benzene rings is 1. The first kappa shape index (κ1) is 27.0. The summed E-state index contributed by atoms with van der Waals surface area (Å²) in [5.41, 5.74) is 1.46. The summed E-state index contributed by atoms with van der Waals surface area (Å²) in [6.45, 7) is 1.30. The highest BCUT2D eigenvalue weighted by molar-refractivity contribution is 5.94. The van der Waals surface area contributed by atoms with Gasteiger partial charge < -0.3 is 19.6 Å². The maximum Gasteiger partial charge on any atom is 0.490 e. The van der Waals surface area contributed by atoms with E-state index < -0.39 is 12.1 Å². The Morgan fingerprint density at radius 3 is 2.25 bits per heavy atom. The van der Waals surface area contributed by atoms with Gasteiger partial charge in [-0.25, -0.2) is 4.79 Å². The molecule has 2 aromatic rings. The molecule has 4 rings (SSSR count). The van der Waals surface area contributed by atoms with Gasteiger partial charge in [0, 0.05) is 70.3 Å². The Morgan fingerprint density at radius 2 is 1.69 bits per heavy atom. The molecule has 0 saturated carbocycles. The number of aliphatic carboxylic acids is 1. The van der Waals surface area contributed by atoms with Gasteiger partial charge >= 0.3 is 12.1 Å². The molecular formula is C25H28F3N3O5. The number of halogens is 3. The molecule has 0 radical (unpaired) electrons. The molecule has 3 heterocycles. The minimum absolute atomic E-state index is 0.0396. The topological polar surface area (TPSA) is 100 Å². The van der Waals surface area contributed by atoms with Crippen LogP contribution in [0.5, 0.6) is 5.75 Å². The largest absolute Gasteiger partial charge is 0.490 e. The summed E-state index contributed by atoms with van der Waals surface area (Å²) in [4.78, 5) is 41.6. The minimum atomic E-state index is -5.08. The van der Waals surface area contributed by atoms with Gasteiger partial charge in [0.05, 0.1) is 0 Å². The highest BCUT2D eigenvalue weighted by Gasteiger charge is 2.44. The van der Waals surface area contributed by atoms with Gasteiger partial charge in [-0.05, 0) is 30.2 Å². The van der Waals surface area contributed by atoms with Gasteiger partial charge in [-0.3, -0.25) is 14.6 Å². The van der Waals surface area contributed by atoms with E-state index in [1.807, 2.05) is 23.1 Å². The minimum Gasteiger partial charge on any atom is -0.487 e. The molecule has 1 atom stereocenters. The van der Waals surface area contributed by atoms with E-state index in [2.05, 4.69) is 11.1 Å². The number of carbonyl (C=O) groups is 3. The maximum absolute atomic E-state index is 12.8. The molecule has 0 bridgehead atoms. The van der Waals surface area contributed by atoms with Crippen LogP contribution < -0.4 is 4.74 Å². The molecule has 11 heteroatoms. The highest BCUT2D eigenvalue weighted by Crippen LogP contribution is 2.46. The lowest BCUT2D eigenvalue weighted by Crippen LogP contribution is -2.52. The summed E-state index contributed by atoms with van der Waals surface area (Å²) in [6.07, 6.45) is 1.03. The fourth-order valence-corrected chi connectivity index (χ4v) is 4.42. The van der Waals surface area contributed by atoms with Crippen molar-refractivity contribution in [3.63, 3.8) is 0 Å². The van der Waals surface area contributed by atoms with E-state index in [0.29, 0.717) is 25.1 Å². The molecule has 0 aliphatic carbocycles. The third kappa shape index (κ3) is 6.52. The molecular weight excluding hydrogens is 479 g/mol. The molecule has 1 aromatic carbocycles. The predicted molar refractivity (Wildman–Crippen MR) is 124 cm³/mol. The van der Waals surface area contributed by atoms with Gasteiger partial charge in [0.25, 0.3) is 5.91 Å². The van der Waals surface area contributed by atoms with Crippen LogP contribution in [0.2, 0.25) is 0 Å². The fourth-order valence-electron chi connectivity index (χ4n) is 4.42. The van der Waals surface area contributed by atoms with E-state index in [1.54, 1.807) is 43.5 Å². The Hall–Kier alpha value is -3.63. The van der Waals surface area contributed by atoms with Crippen molar-refractivity contribution in [1.82, 2.24) is 14.8 Å². The number of carboxylic acids is 1. The molecule has 1 N–H and O–H groups in total. The number of para-hydroxylation sites is 1. The average molecular weight is 508 g/mol. The van der Waals surface area contributed by atoms with Crippen molar-refractivity contribution in [3.8, 4) is 5.75 Å². The molecule has 1 fully saturated rings. The van der Waals surface area contributed by atoms with E-state index in [4.69, 9.17) is 14.6 Å². The lowest BCUT2D eigenvalue weighted by atomic mass is 9.76. The Labute approximate surface area is 206 Å². The van der Waals surface area contributed by atoms with Crippen LogP contribution in [0, 0.1) is 0 Å². The lowest BCUT2D eigenvalue weighted by molar-refractivity contribution is -0.192. The summed E-state index contributed by atoms with van der Waals surface area (Å²) in [7, 11) is 3.60. The van der Waals surface area contributed by atoms with Crippen molar-refractivity contribution >= 4 is 17.8 Å². The van der Waals surface area contributed by atoms with Crippen molar-refractivity contribution in [2.24, 2.45) is 0 Å². The van der Waals surface area contributed by atoms with E-state index in [-0.39, 0.29) is 23.3 Å². The predicted octanol–water partition coefficient (Wildman–Crippen LogP) is 3.73. The van der Waals surface area contributed by atoms with Crippen molar-refractivity contribution < 1.29 is 37.4 Å². The Balaban J connectivity index is 0.000000454. The summed E-state index contributed by atoms with van der Waals surface area (Å²) < 4.78 is 38.2. The number of aromatic nitrogens is 1. The number of amides is 2. The monoisotopic (exact) mass is 507 g/mol.